The number of thiophene rings is 1. The van der Waals surface area contributed by atoms with Crippen LogP contribution in [0.5, 0.6) is 5.75 Å². The molecule has 4 atom stereocenters. The van der Waals surface area contributed by atoms with Crippen molar-refractivity contribution in [2.75, 3.05) is 13.1 Å². The van der Waals surface area contributed by atoms with E-state index in [0.717, 1.165) is 66.0 Å². The van der Waals surface area contributed by atoms with Crippen LogP contribution in [-0.2, 0) is 12.8 Å². The fraction of sp³-hybridized carbons (Fsp3) is 0.478. The Morgan fingerprint density at radius 1 is 0.925 bits per heavy atom. The topological polar surface area (TPSA) is 87.1 Å². The SMILES string of the molecule is CC1=CCC[C@@]2(C)[C@@H](CC[C@@]2(O)CN(CCc2cccs2)C(=O)Oc2ccc3ccccc3c2)c2ccc(cc2C(=O)C2CCCCC2)C[C@@H](O)CC1. The number of nitrogens with zero attached hydrogens (tertiary/aromatic N) is 1. The molecule has 1 aromatic heterocycles. The first-order valence-electron chi connectivity index (χ1n) is 19.8. The van der Waals surface area contributed by atoms with E-state index < -0.39 is 23.2 Å². The first kappa shape index (κ1) is 37.5. The van der Waals surface area contributed by atoms with Crippen molar-refractivity contribution < 1.29 is 24.5 Å². The maximum Gasteiger partial charge on any atom is 0.415 e. The van der Waals surface area contributed by atoms with Gasteiger partial charge in [-0.3, -0.25) is 4.79 Å². The zero-order valence-corrected chi connectivity index (χ0v) is 32.2. The van der Waals surface area contributed by atoms with E-state index in [-0.39, 0.29) is 24.2 Å². The second kappa shape index (κ2) is 16.3. The maximum absolute atomic E-state index is 14.4. The number of aliphatic hydroxyl groups excluding tert-OH is 1. The van der Waals surface area contributed by atoms with Crippen LogP contribution in [-0.4, -0.2) is 51.8 Å². The van der Waals surface area contributed by atoms with Gasteiger partial charge in [-0.15, -0.1) is 11.3 Å². The lowest BCUT2D eigenvalue weighted by Crippen LogP contribution is -2.54. The van der Waals surface area contributed by atoms with Crippen LogP contribution in [0, 0.1) is 11.3 Å². The molecule has 0 radical (unpaired) electrons. The van der Waals surface area contributed by atoms with Gasteiger partial charge in [0.15, 0.2) is 5.78 Å². The third kappa shape index (κ3) is 8.33. The summed E-state index contributed by atoms with van der Waals surface area (Å²) in [5.74, 6) is 0.623. The molecule has 6 nitrogen and oxygen atoms in total. The number of aliphatic hydroxyl groups is 2. The molecule has 4 aliphatic carbocycles. The number of rotatable bonds is 8. The Morgan fingerprint density at radius 3 is 2.53 bits per heavy atom. The minimum Gasteiger partial charge on any atom is -0.410 e. The summed E-state index contributed by atoms with van der Waals surface area (Å²) in [6.07, 6.45) is 11.8. The van der Waals surface area contributed by atoms with Gasteiger partial charge in [0.1, 0.15) is 5.75 Å². The van der Waals surface area contributed by atoms with Crippen LogP contribution < -0.4 is 4.74 Å². The molecule has 0 aliphatic heterocycles. The van der Waals surface area contributed by atoms with E-state index in [9.17, 15) is 19.8 Å². The van der Waals surface area contributed by atoms with Gasteiger partial charge in [0, 0.05) is 28.3 Å². The molecule has 0 unspecified atom stereocenters. The van der Waals surface area contributed by atoms with E-state index in [2.05, 4.69) is 44.2 Å². The third-order valence-corrected chi connectivity index (χ3v) is 13.7. The Labute approximate surface area is 318 Å². The van der Waals surface area contributed by atoms with Crippen LogP contribution in [0.3, 0.4) is 0 Å². The number of amides is 1. The van der Waals surface area contributed by atoms with Crippen molar-refractivity contribution in [1.29, 1.82) is 0 Å². The summed E-state index contributed by atoms with van der Waals surface area (Å²) in [5, 5.41) is 28.2. The zero-order chi connectivity index (χ0) is 37.0. The number of benzene rings is 3. The molecule has 2 fully saturated rings. The second-order valence-electron chi connectivity index (χ2n) is 16.3. The fourth-order valence-corrected chi connectivity index (χ4v) is 10.1. The van der Waals surface area contributed by atoms with E-state index in [4.69, 9.17) is 4.74 Å². The van der Waals surface area contributed by atoms with Gasteiger partial charge >= 0.3 is 6.09 Å². The Kier molecular flexibility index (Phi) is 11.5. The van der Waals surface area contributed by atoms with Crippen molar-refractivity contribution in [3.05, 3.63) is 111 Å². The highest BCUT2D eigenvalue weighted by Gasteiger charge is 2.58. The summed E-state index contributed by atoms with van der Waals surface area (Å²) in [4.78, 5) is 31.5. The lowest BCUT2D eigenvalue weighted by Gasteiger charge is -2.46. The molecule has 4 aromatic rings. The highest BCUT2D eigenvalue weighted by atomic mass is 32.1. The van der Waals surface area contributed by atoms with E-state index >= 15 is 0 Å². The predicted molar refractivity (Wildman–Crippen MR) is 214 cm³/mol. The van der Waals surface area contributed by atoms with Crippen LogP contribution in [0.2, 0.25) is 0 Å². The van der Waals surface area contributed by atoms with Crippen LogP contribution in [0.25, 0.3) is 10.8 Å². The van der Waals surface area contributed by atoms with Crippen molar-refractivity contribution in [3.8, 4) is 5.75 Å². The molecule has 2 N–H and O–H groups in total. The van der Waals surface area contributed by atoms with Gasteiger partial charge in [0.25, 0.3) is 0 Å². The molecule has 0 spiro atoms. The quantitative estimate of drug-likeness (QED) is 0.139. The smallest absolute Gasteiger partial charge is 0.410 e. The number of allylic oxidation sites excluding steroid dienone is 2. The minimum absolute atomic E-state index is 0.0105. The summed E-state index contributed by atoms with van der Waals surface area (Å²) in [6.45, 7) is 4.87. The molecular formula is C46H55NO5S. The molecule has 3 aromatic carbocycles. The molecule has 1 amide bonds. The molecule has 4 aliphatic rings. The predicted octanol–water partition coefficient (Wildman–Crippen LogP) is 10.4. The van der Waals surface area contributed by atoms with Gasteiger partial charge in [-0.05, 0) is 129 Å². The van der Waals surface area contributed by atoms with Crippen LogP contribution in [0.1, 0.15) is 117 Å². The Balaban J connectivity index is 1.24. The van der Waals surface area contributed by atoms with Crippen LogP contribution in [0.4, 0.5) is 4.79 Å². The molecule has 280 valence electrons. The summed E-state index contributed by atoms with van der Waals surface area (Å²) in [5.41, 5.74) is 2.15. The third-order valence-electron chi connectivity index (χ3n) is 12.8. The number of hydrogen-bond acceptors (Lipinski definition) is 6. The van der Waals surface area contributed by atoms with Crippen molar-refractivity contribution in [3.63, 3.8) is 0 Å². The largest absolute Gasteiger partial charge is 0.415 e. The van der Waals surface area contributed by atoms with E-state index in [1.165, 1.54) is 16.9 Å². The molecule has 2 bridgehead atoms. The summed E-state index contributed by atoms with van der Waals surface area (Å²) in [6, 6.07) is 24.1. The number of ether oxygens (including phenoxy) is 1. The van der Waals surface area contributed by atoms with E-state index in [1.54, 1.807) is 16.2 Å². The van der Waals surface area contributed by atoms with Gasteiger partial charge in [-0.25, -0.2) is 4.79 Å². The average molecular weight is 734 g/mol. The van der Waals surface area contributed by atoms with Gasteiger partial charge in [-0.1, -0.05) is 86.4 Å². The Bertz CT molecular complexity index is 1930. The molecule has 0 saturated heterocycles. The van der Waals surface area contributed by atoms with E-state index in [1.807, 2.05) is 53.9 Å². The standard InChI is InChI=1S/C46H55NO5S/c1-32-10-8-24-45(2)42(40-21-17-33(28-37(48)19-16-32)29-41(40)43(49)35-12-4-3-5-13-35)22-25-46(45,51)31-47(26-23-39-15-9-27-53-39)44(50)52-38-20-18-34-11-6-7-14-36(34)30-38/h6-7,9-11,14-15,17-18,20-21,27,29-30,35,37,42,48,51H,3-5,8,12-13,16,19,22-26,28,31H2,1-2H3/t37-,42-,45-,46+/m0/s1. The van der Waals surface area contributed by atoms with Crippen LogP contribution >= 0.6 is 11.3 Å². The number of fused-ring (bicyclic) bond motifs is 9. The van der Waals surface area contributed by atoms with Gasteiger partial charge in [-0.2, -0.15) is 0 Å². The highest BCUT2D eigenvalue weighted by molar-refractivity contribution is 7.09. The van der Waals surface area contributed by atoms with E-state index in [0.29, 0.717) is 50.8 Å². The average Bonchev–Trinajstić information content (AvgIpc) is 3.78. The van der Waals surface area contributed by atoms with Gasteiger partial charge < -0.3 is 19.8 Å². The molecular weight excluding hydrogens is 679 g/mol. The van der Waals surface area contributed by atoms with Crippen LogP contribution in [0.15, 0.2) is 89.8 Å². The Hall–Kier alpha value is -3.78. The summed E-state index contributed by atoms with van der Waals surface area (Å²) in [7, 11) is 0. The zero-order valence-electron chi connectivity index (χ0n) is 31.4. The molecule has 2 saturated carbocycles. The first-order chi connectivity index (χ1) is 25.6. The Morgan fingerprint density at radius 2 is 1.74 bits per heavy atom. The number of carbonyl (C=O) groups is 2. The van der Waals surface area contributed by atoms with Crippen molar-refractivity contribution in [2.45, 2.75) is 115 Å². The highest BCUT2D eigenvalue weighted by Crippen LogP contribution is 2.59. The van der Waals surface area contributed by atoms with Gasteiger partial charge in [0.2, 0.25) is 0 Å². The molecule has 1 heterocycles. The number of ketones is 1. The molecule has 8 rings (SSSR count). The lowest BCUT2D eigenvalue weighted by atomic mass is 9.64. The monoisotopic (exact) mass is 733 g/mol. The van der Waals surface area contributed by atoms with Crippen molar-refractivity contribution in [2.24, 2.45) is 11.3 Å². The summed E-state index contributed by atoms with van der Waals surface area (Å²) < 4.78 is 6.08. The first-order valence-corrected chi connectivity index (χ1v) is 20.7. The lowest BCUT2D eigenvalue weighted by molar-refractivity contribution is -0.0789. The number of hydrogen-bond donors (Lipinski definition) is 2. The minimum atomic E-state index is -1.23. The molecule has 7 heteroatoms. The second-order valence-corrected chi connectivity index (χ2v) is 17.3. The fourth-order valence-electron chi connectivity index (χ4n) is 9.44. The van der Waals surface area contributed by atoms with Crippen molar-refractivity contribution >= 4 is 34.0 Å². The summed E-state index contributed by atoms with van der Waals surface area (Å²) >= 11 is 1.67. The van der Waals surface area contributed by atoms with Gasteiger partial charge in [0.05, 0.1) is 18.2 Å². The number of Topliss-reactive ketones (excluding diaryl/α,β-unsaturated/α-hetero) is 1. The van der Waals surface area contributed by atoms with Crippen molar-refractivity contribution in [1.82, 2.24) is 4.90 Å². The normalized spacial score (nSPS) is 25.4. The molecule has 53 heavy (non-hydrogen) atoms. The maximum atomic E-state index is 14.4. The number of carbonyl (C=O) groups excluding carboxylic acids is 2.